The first-order valence-electron chi connectivity index (χ1n) is 2.95. The zero-order valence-electron chi connectivity index (χ0n) is 6.12. The molecule has 0 aromatic rings. The molecule has 0 heterocycles. The van der Waals surface area contributed by atoms with Gasteiger partial charge in [-0.2, -0.15) is 0 Å². The van der Waals surface area contributed by atoms with Crippen LogP contribution in [0.4, 0.5) is 0 Å². The van der Waals surface area contributed by atoms with Crippen molar-refractivity contribution in [1.82, 2.24) is 0 Å². The summed E-state index contributed by atoms with van der Waals surface area (Å²) in [5, 5.41) is 6.67. The van der Waals surface area contributed by atoms with E-state index in [-0.39, 0.29) is 5.90 Å². The largest absolute Gasteiger partial charge is 0.482 e. The molecule has 0 aromatic carbocycles. The van der Waals surface area contributed by atoms with Crippen LogP contribution >= 0.6 is 0 Å². The van der Waals surface area contributed by atoms with Crippen LogP contribution in [0.2, 0.25) is 0 Å². The molecule has 0 saturated heterocycles. The quantitative estimate of drug-likeness (QED) is 0.414. The summed E-state index contributed by atoms with van der Waals surface area (Å²) < 4.78 is 4.62. The van der Waals surface area contributed by atoms with Gasteiger partial charge in [0.25, 0.3) is 0 Å². The first-order chi connectivity index (χ1) is 3.77. The Labute approximate surface area is 51.4 Å². The Kier molecular flexibility index (Phi) is 12.7. The van der Waals surface area contributed by atoms with E-state index in [1.165, 1.54) is 0 Å². The summed E-state index contributed by atoms with van der Waals surface area (Å²) in [5.41, 5.74) is 0. The van der Waals surface area contributed by atoms with E-state index in [9.17, 15) is 0 Å². The Morgan fingerprint density at radius 1 is 1.50 bits per heavy atom. The van der Waals surface area contributed by atoms with E-state index >= 15 is 0 Å². The van der Waals surface area contributed by atoms with Gasteiger partial charge in [-0.25, -0.2) is 0 Å². The van der Waals surface area contributed by atoms with Crippen molar-refractivity contribution in [3.63, 3.8) is 0 Å². The minimum atomic E-state index is 0.289. The molecule has 0 spiro atoms. The molecule has 0 aliphatic rings. The monoisotopic (exact) mass is 117 g/mol. The van der Waals surface area contributed by atoms with E-state index in [4.69, 9.17) is 5.41 Å². The van der Waals surface area contributed by atoms with E-state index in [0.717, 1.165) is 0 Å². The van der Waals surface area contributed by atoms with Gasteiger partial charge in [-0.15, -0.1) is 0 Å². The van der Waals surface area contributed by atoms with Gasteiger partial charge in [-0.3, -0.25) is 5.41 Å². The minimum absolute atomic E-state index is 0.289. The smallest absolute Gasteiger partial charge is 0.177 e. The molecule has 0 radical (unpaired) electrons. The highest BCUT2D eigenvalue weighted by Crippen LogP contribution is 1.70. The maximum Gasteiger partial charge on any atom is 0.177 e. The second-order valence-corrected chi connectivity index (χ2v) is 0.989. The normalized spacial score (nSPS) is 6.50. The number of hydrogen-bond acceptors (Lipinski definition) is 2. The number of nitrogens with one attached hydrogen (secondary N) is 1. The molecule has 0 saturated carbocycles. The van der Waals surface area contributed by atoms with Crippen LogP contribution in [0.3, 0.4) is 0 Å². The Morgan fingerprint density at radius 2 is 1.88 bits per heavy atom. The molecule has 0 rings (SSSR count). The lowest BCUT2D eigenvalue weighted by Gasteiger charge is -1.93. The highest BCUT2D eigenvalue weighted by Gasteiger charge is 1.75. The molecule has 0 amide bonds. The summed E-state index contributed by atoms with van der Waals surface area (Å²) in [6.07, 6.45) is 0. The van der Waals surface area contributed by atoms with Gasteiger partial charge in [0, 0.05) is 6.92 Å². The Morgan fingerprint density at radius 3 is 1.88 bits per heavy atom. The highest BCUT2D eigenvalue weighted by atomic mass is 16.5. The standard InChI is InChI=1S/C4H9NO.C2H6/c1-3-6-4(2)5;1-2/h5H,3H2,1-2H3;1-2H3. The summed E-state index contributed by atoms with van der Waals surface area (Å²) in [5.74, 6) is 0.289. The van der Waals surface area contributed by atoms with Gasteiger partial charge in [0.2, 0.25) is 0 Å². The first kappa shape index (κ1) is 10.5. The SMILES string of the molecule is CC.CCOC(C)=N. The second-order valence-electron chi connectivity index (χ2n) is 0.989. The molecule has 0 aliphatic heterocycles. The lowest BCUT2D eigenvalue weighted by Crippen LogP contribution is -1.94. The molecular formula is C6H15NO. The van der Waals surface area contributed by atoms with Crippen LogP contribution in [0.15, 0.2) is 0 Å². The summed E-state index contributed by atoms with van der Waals surface area (Å²) in [6.45, 7) is 8.08. The van der Waals surface area contributed by atoms with Crippen molar-refractivity contribution < 1.29 is 4.74 Å². The summed E-state index contributed by atoms with van der Waals surface area (Å²) in [6, 6.07) is 0. The second kappa shape index (κ2) is 9.69. The average Bonchev–Trinajstić information content (AvgIpc) is 1.72. The van der Waals surface area contributed by atoms with Gasteiger partial charge >= 0.3 is 0 Å². The van der Waals surface area contributed by atoms with E-state index < -0.39 is 0 Å². The van der Waals surface area contributed by atoms with Gasteiger partial charge in [-0.1, -0.05) is 13.8 Å². The molecule has 2 heteroatoms. The number of hydrogen-bond donors (Lipinski definition) is 1. The van der Waals surface area contributed by atoms with Crippen LogP contribution in [0.1, 0.15) is 27.7 Å². The van der Waals surface area contributed by atoms with E-state index in [1.807, 2.05) is 20.8 Å². The molecule has 0 atom stereocenters. The van der Waals surface area contributed by atoms with Crippen LogP contribution in [0, 0.1) is 5.41 Å². The predicted octanol–water partition coefficient (Wildman–Crippen LogP) is 2.05. The van der Waals surface area contributed by atoms with Crippen molar-refractivity contribution in [3.05, 3.63) is 0 Å². The summed E-state index contributed by atoms with van der Waals surface area (Å²) in [4.78, 5) is 0. The van der Waals surface area contributed by atoms with E-state index in [1.54, 1.807) is 6.92 Å². The third-order valence-corrected chi connectivity index (χ3v) is 0.361. The van der Waals surface area contributed by atoms with Gasteiger partial charge in [0.15, 0.2) is 5.90 Å². The number of ether oxygens (including phenoxy) is 1. The summed E-state index contributed by atoms with van der Waals surface area (Å²) >= 11 is 0. The molecule has 0 unspecified atom stereocenters. The topological polar surface area (TPSA) is 33.1 Å². The maximum absolute atomic E-state index is 6.67. The van der Waals surface area contributed by atoms with Crippen LogP contribution in [-0.4, -0.2) is 12.5 Å². The van der Waals surface area contributed by atoms with Crippen LogP contribution in [-0.2, 0) is 4.74 Å². The molecule has 0 bridgehead atoms. The number of rotatable bonds is 1. The third kappa shape index (κ3) is 17.9. The molecule has 8 heavy (non-hydrogen) atoms. The maximum atomic E-state index is 6.67. The Bertz CT molecular complexity index is 52.5. The van der Waals surface area contributed by atoms with Gasteiger partial charge in [0.05, 0.1) is 6.61 Å². The van der Waals surface area contributed by atoms with Crippen LogP contribution in [0.5, 0.6) is 0 Å². The molecule has 50 valence electrons. The predicted molar refractivity (Wildman–Crippen MR) is 36.4 cm³/mol. The van der Waals surface area contributed by atoms with E-state index in [2.05, 4.69) is 4.74 Å². The van der Waals surface area contributed by atoms with Crippen molar-refractivity contribution in [1.29, 1.82) is 5.41 Å². The van der Waals surface area contributed by atoms with Crippen molar-refractivity contribution >= 4 is 5.90 Å². The van der Waals surface area contributed by atoms with Crippen LogP contribution in [0.25, 0.3) is 0 Å². The Balaban J connectivity index is 0. The Hall–Kier alpha value is -0.530. The molecular weight excluding hydrogens is 102 g/mol. The lowest BCUT2D eigenvalue weighted by atomic mass is 10.7. The molecule has 0 fully saturated rings. The van der Waals surface area contributed by atoms with Crippen molar-refractivity contribution in [2.24, 2.45) is 0 Å². The minimum Gasteiger partial charge on any atom is -0.482 e. The van der Waals surface area contributed by atoms with Crippen molar-refractivity contribution in [2.45, 2.75) is 27.7 Å². The lowest BCUT2D eigenvalue weighted by molar-refractivity contribution is 0.321. The first-order valence-corrected chi connectivity index (χ1v) is 2.95. The highest BCUT2D eigenvalue weighted by molar-refractivity contribution is 5.69. The summed E-state index contributed by atoms with van der Waals surface area (Å²) in [7, 11) is 0. The molecule has 0 aliphatic carbocycles. The fourth-order valence-electron chi connectivity index (χ4n) is 0.217. The third-order valence-electron chi connectivity index (χ3n) is 0.361. The van der Waals surface area contributed by atoms with Crippen molar-refractivity contribution in [3.8, 4) is 0 Å². The molecule has 1 N–H and O–H groups in total. The average molecular weight is 117 g/mol. The fourth-order valence-corrected chi connectivity index (χ4v) is 0.217. The van der Waals surface area contributed by atoms with Gasteiger partial charge in [0.1, 0.15) is 0 Å². The van der Waals surface area contributed by atoms with Crippen molar-refractivity contribution in [2.75, 3.05) is 6.61 Å². The van der Waals surface area contributed by atoms with E-state index in [0.29, 0.717) is 6.61 Å². The zero-order chi connectivity index (χ0) is 6.99. The fraction of sp³-hybridized carbons (Fsp3) is 0.833. The zero-order valence-corrected chi connectivity index (χ0v) is 6.12. The van der Waals surface area contributed by atoms with Gasteiger partial charge < -0.3 is 4.74 Å². The van der Waals surface area contributed by atoms with Crippen LogP contribution < -0.4 is 0 Å². The molecule has 2 nitrogen and oxygen atoms in total. The van der Waals surface area contributed by atoms with Gasteiger partial charge in [-0.05, 0) is 6.92 Å². The molecule has 0 aromatic heterocycles.